The van der Waals surface area contributed by atoms with Gasteiger partial charge in [0.05, 0.1) is 10.6 Å². The number of carbonyl (C=O) groups excluding carboxylic acids is 1. The van der Waals surface area contributed by atoms with Gasteiger partial charge in [-0.2, -0.15) is 0 Å². The summed E-state index contributed by atoms with van der Waals surface area (Å²) in [5.41, 5.74) is 2.00. The summed E-state index contributed by atoms with van der Waals surface area (Å²) < 4.78 is 14.5. The van der Waals surface area contributed by atoms with Gasteiger partial charge in [-0.05, 0) is 82.7 Å². The molecule has 0 heterocycles. The van der Waals surface area contributed by atoms with Crippen molar-refractivity contribution in [3.8, 4) is 0 Å². The van der Waals surface area contributed by atoms with Crippen LogP contribution in [0.5, 0.6) is 0 Å². The molecule has 8 heteroatoms. The summed E-state index contributed by atoms with van der Waals surface area (Å²) in [6.45, 7) is 0. The van der Waals surface area contributed by atoms with Gasteiger partial charge < -0.3 is 16.0 Å². The third-order valence-electron chi connectivity index (χ3n) is 3.70. The fraction of sp³-hybridized carbons (Fsp3) is 0. The molecule has 0 atom stereocenters. The average molecular weight is 479 g/mol. The fourth-order valence-corrected chi connectivity index (χ4v) is 3.01. The number of thiocarbonyl (C=S) groups is 1. The highest BCUT2D eigenvalue weighted by Crippen LogP contribution is 2.25. The highest BCUT2D eigenvalue weighted by atomic mass is 79.9. The molecule has 0 aliphatic heterocycles. The van der Waals surface area contributed by atoms with Gasteiger partial charge in [0.1, 0.15) is 5.82 Å². The lowest BCUT2D eigenvalue weighted by atomic mass is 10.2. The maximum atomic E-state index is 13.7. The molecule has 1 amide bonds. The molecule has 3 rings (SSSR count). The molecular formula is C20H14BrClFN3OS. The van der Waals surface area contributed by atoms with Gasteiger partial charge >= 0.3 is 0 Å². The predicted molar refractivity (Wildman–Crippen MR) is 120 cm³/mol. The van der Waals surface area contributed by atoms with Crippen molar-refractivity contribution >= 4 is 67.8 Å². The second-order valence-electron chi connectivity index (χ2n) is 5.72. The Labute approximate surface area is 180 Å². The number of rotatable bonds is 4. The molecule has 0 spiro atoms. The molecule has 142 valence electrons. The van der Waals surface area contributed by atoms with Gasteiger partial charge in [-0.15, -0.1) is 0 Å². The van der Waals surface area contributed by atoms with Crippen molar-refractivity contribution in [2.24, 2.45) is 0 Å². The van der Waals surface area contributed by atoms with Crippen LogP contribution in [-0.2, 0) is 0 Å². The minimum atomic E-state index is -0.567. The van der Waals surface area contributed by atoms with Gasteiger partial charge in [-0.1, -0.05) is 23.7 Å². The molecule has 3 aromatic carbocycles. The Morgan fingerprint density at radius 1 is 0.893 bits per heavy atom. The van der Waals surface area contributed by atoms with Crippen LogP contribution in [0.2, 0.25) is 5.02 Å². The second kappa shape index (κ2) is 9.14. The van der Waals surface area contributed by atoms with Crippen molar-refractivity contribution in [1.82, 2.24) is 0 Å². The highest BCUT2D eigenvalue weighted by molar-refractivity contribution is 9.10. The summed E-state index contributed by atoms with van der Waals surface area (Å²) in [6, 6.07) is 18.1. The standard InChI is InChI=1S/C20H14BrClFN3OS/c21-16-10-9-14(11-17(16)22)26-20(28)25-13-7-5-12(6-8-13)24-19(27)15-3-1-2-4-18(15)23/h1-11H,(H,24,27)(H2,25,26,28). The van der Waals surface area contributed by atoms with Gasteiger partial charge in [0.25, 0.3) is 5.91 Å². The maximum absolute atomic E-state index is 13.7. The topological polar surface area (TPSA) is 53.2 Å². The van der Waals surface area contributed by atoms with Crippen LogP contribution in [0.3, 0.4) is 0 Å². The van der Waals surface area contributed by atoms with Gasteiger partial charge in [-0.3, -0.25) is 4.79 Å². The summed E-state index contributed by atoms with van der Waals surface area (Å²) in [6.07, 6.45) is 0. The van der Waals surface area contributed by atoms with Crippen LogP contribution < -0.4 is 16.0 Å². The maximum Gasteiger partial charge on any atom is 0.258 e. The number of anilines is 3. The van der Waals surface area contributed by atoms with Crippen LogP contribution in [0.15, 0.2) is 71.2 Å². The van der Waals surface area contributed by atoms with E-state index in [-0.39, 0.29) is 5.56 Å². The highest BCUT2D eigenvalue weighted by Gasteiger charge is 2.11. The largest absolute Gasteiger partial charge is 0.332 e. The summed E-state index contributed by atoms with van der Waals surface area (Å²) in [5.74, 6) is -1.08. The van der Waals surface area contributed by atoms with Crippen LogP contribution in [0.4, 0.5) is 21.5 Å². The smallest absolute Gasteiger partial charge is 0.258 e. The molecule has 3 N–H and O–H groups in total. The van der Waals surface area contributed by atoms with Crippen molar-refractivity contribution < 1.29 is 9.18 Å². The molecule has 0 radical (unpaired) electrons. The number of benzene rings is 3. The van der Waals surface area contributed by atoms with Gasteiger partial charge in [-0.25, -0.2) is 4.39 Å². The molecule has 0 aromatic heterocycles. The monoisotopic (exact) mass is 477 g/mol. The average Bonchev–Trinajstić information content (AvgIpc) is 2.66. The summed E-state index contributed by atoms with van der Waals surface area (Å²) in [7, 11) is 0. The molecule has 0 unspecified atom stereocenters. The predicted octanol–water partition coefficient (Wildman–Crippen LogP) is 6.30. The van der Waals surface area contributed by atoms with E-state index < -0.39 is 11.7 Å². The minimum Gasteiger partial charge on any atom is -0.332 e. The lowest BCUT2D eigenvalue weighted by Crippen LogP contribution is -2.19. The lowest BCUT2D eigenvalue weighted by Gasteiger charge is -2.12. The summed E-state index contributed by atoms with van der Waals surface area (Å²) >= 11 is 14.7. The number of nitrogens with one attached hydrogen (secondary N) is 3. The molecule has 4 nitrogen and oxygen atoms in total. The Bertz CT molecular complexity index is 1030. The Kier molecular flexibility index (Phi) is 6.61. The molecule has 0 saturated heterocycles. The van der Waals surface area contributed by atoms with Crippen LogP contribution >= 0.6 is 39.7 Å². The first kappa shape index (κ1) is 20.3. The van der Waals surface area contributed by atoms with Crippen molar-refractivity contribution in [2.75, 3.05) is 16.0 Å². The molecule has 0 aliphatic rings. The normalized spacial score (nSPS) is 10.2. The first-order valence-electron chi connectivity index (χ1n) is 8.11. The molecule has 28 heavy (non-hydrogen) atoms. The van der Waals surface area contributed by atoms with E-state index in [9.17, 15) is 9.18 Å². The summed E-state index contributed by atoms with van der Waals surface area (Å²) in [4.78, 5) is 12.1. The van der Waals surface area contributed by atoms with Gasteiger partial charge in [0.15, 0.2) is 5.11 Å². The van der Waals surface area contributed by atoms with E-state index in [0.29, 0.717) is 15.8 Å². The minimum absolute atomic E-state index is 0.0109. The van der Waals surface area contributed by atoms with Crippen LogP contribution in [0, 0.1) is 5.82 Å². The van der Waals surface area contributed by atoms with Crippen molar-refractivity contribution in [1.29, 1.82) is 0 Å². The molecular weight excluding hydrogens is 465 g/mol. The molecule has 0 aliphatic carbocycles. The third kappa shape index (κ3) is 5.28. The van der Waals surface area contributed by atoms with E-state index in [1.165, 1.54) is 18.2 Å². The second-order valence-corrected chi connectivity index (χ2v) is 7.39. The number of hydrogen-bond donors (Lipinski definition) is 3. The first-order chi connectivity index (χ1) is 13.4. The quantitative estimate of drug-likeness (QED) is 0.385. The van der Waals surface area contributed by atoms with E-state index in [0.717, 1.165) is 15.8 Å². The van der Waals surface area contributed by atoms with Crippen molar-refractivity contribution in [3.05, 3.63) is 87.6 Å². The number of carbonyl (C=O) groups is 1. The van der Waals surface area contributed by atoms with Gasteiger partial charge in [0, 0.05) is 21.5 Å². The zero-order valence-corrected chi connectivity index (χ0v) is 17.5. The Morgan fingerprint density at radius 3 is 2.11 bits per heavy atom. The van der Waals surface area contributed by atoms with Crippen molar-refractivity contribution in [3.63, 3.8) is 0 Å². The lowest BCUT2D eigenvalue weighted by molar-refractivity contribution is 0.102. The third-order valence-corrected chi connectivity index (χ3v) is 5.13. The Balaban J connectivity index is 1.59. The van der Waals surface area contributed by atoms with Gasteiger partial charge in [0.2, 0.25) is 0 Å². The van der Waals surface area contributed by atoms with E-state index in [1.807, 2.05) is 12.1 Å². The number of halogens is 3. The molecule has 0 fully saturated rings. The fourth-order valence-electron chi connectivity index (χ4n) is 2.35. The Morgan fingerprint density at radius 2 is 1.46 bits per heavy atom. The van der Waals surface area contributed by atoms with Crippen molar-refractivity contribution in [2.45, 2.75) is 0 Å². The SMILES string of the molecule is O=C(Nc1ccc(NC(=S)Nc2ccc(Br)c(Cl)c2)cc1)c1ccccc1F. The van der Waals surface area contributed by atoms with E-state index in [2.05, 4.69) is 31.9 Å². The zero-order chi connectivity index (χ0) is 20.1. The first-order valence-corrected chi connectivity index (χ1v) is 9.69. The number of hydrogen-bond acceptors (Lipinski definition) is 2. The zero-order valence-electron chi connectivity index (χ0n) is 14.3. The molecule has 3 aromatic rings. The number of amides is 1. The molecule has 0 saturated carbocycles. The van der Waals surface area contributed by atoms with E-state index in [1.54, 1.807) is 36.4 Å². The van der Waals surface area contributed by atoms with E-state index >= 15 is 0 Å². The van der Waals surface area contributed by atoms with Crippen LogP contribution in [0.1, 0.15) is 10.4 Å². The summed E-state index contributed by atoms with van der Waals surface area (Å²) in [5, 5.41) is 9.69. The van der Waals surface area contributed by atoms with E-state index in [4.69, 9.17) is 23.8 Å². The van der Waals surface area contributed by atoms with Crippen LogP contribution in [-0.4, -0.2) is 11.0 Å². The molecule has 0 bridgehead atoms. The van der Waals surface area contributed by atoms with Crippen LogP contribution in [0.25, 0.3) is 0 Å². The Hall–Kier alpha value is -2.48.